The smallest absolute Gasteiger partial charge is 0.347 e. The van der Waals surface area contributed by atoms with E-state index in [0.717, 1.165) is 45.2 Å². The highest BCUT2D eigenvalue weighted by Crippen LogP contribution is 2.41. The first-order valence-corrected chi connectivity index (χ1v) is 14.7. The van der Waals surface area contributed by atoms with E-state index in [2.05, 4.69) is 15.9 Å². The quantitative estimate of drug-likeness (QED) is 0.128. The van der Waals surface area contributed by atoms with Crippen molar-refractivity contribution in [3.63, 3.8) is 0 Å². The Kier molecular flexibility index (Phi) is 8.97. The van der Waals surface area contributed by atoms with Gasteiger partial charge in [-0.15, -0.1) is 0 Å². The standard InChI is InChI=1S/C36H35BrO6/c1-17-15-28(42-36(41)31-21(5)18(2)22(6)32(37)33(31)39)30(26-13-11-10-12-14-26)25(9)29(17)35(40)43-34-23(7)19(3)27(16-38)20(4)24(34)8/h10-16,39H,1-9H3. The molecule has 0 atom stereocenters. The zero-order chi connectivity index (χ0) is 31.9. The van der Waals surface area contributed by atoms with Crippen LogP contribution >= 0.6 is 15.9 Å². The van der Waals surface area contributed by atoms with Gasteiger partial charge < -0.3 is 14.6 Å². The van der Waals surface area contributed by atoms with Gasteiger partial charge in [0.1, 0.15) is 22.8 Å². The molecule has 4 aromatic carbocycles. The molecule has 43 heavy (non-hydrogen) atoms. The third-order valence-corrected chi connectivity index (χ3v) is 9.58. The number of phenolic OH excluding ortho intramolecular Hbond substituents is 1. The van der Waals surface area contributed by atoms with Gasteiger partial charge >= 0.3 is 11.9 Å². The first kappa shape index (κ1) is 31.7. The molecule has 222 valence electrons. The second kappa shape index (κ2) is 12.2. The van der Waals surface area contributed by atoms with Gasteiger partial charge in [-0.3, -0.25) is 4.79 Å². The van der Waals surface area contributed by atoms with Crippen LogP contribution < -0.4 is 9.47 Å². The average Bonchev–Trinajstić information content (AvgIpc) is 2.97. The van der Waals surface area contributed by atoms with Crippen LogP contribution in [0.1, 0.15) is 81.1 Å². The van der Waals surface area contributed by atoms with E-state index in [0.29, 0.717) is 43.6 Å². The number of hydrogen-bond donors (Lipinski definition) is 1. The van der Waals surface area contributed by atoms with Gasteiger partial charge in [0.2, 0.25) is 0 Å². The second-order valence-electron chi connectivity index (χ2n) is 11.0. The summed E-state index contributed by atoms with van der Waals surface area (Å²) in [6.45, 7) is 16.4. The maximum atomic E-state index is 13.8. The molecule has 0 amide bonds. The molecule has 4 aromatic rings. The average molecular weight is 644 g/mol. The van der Waals surface area contributed by atoms with Crippen molar-refractivity contribution in [2.45, 2.75) is 62.3 Å². The van der Waals surface area contributed by atoms with Crippen molar-refractivity contribution in [3.8, 4) is 28.4 Å². The number of aldehydes is 1. The third-order valence-electron chi connectivity index (χ3n) is 8.61. The fourth-order valence-corrected chi connectivity index (χ4v) is 6.08. The summed E-state index contributed by atoms with van der Waals surface area (Å²) >= 11 is 3.40. The Balaban J connectivity index is 1.86. The van der Waals surface area contributed by atoms with Crippen LogP contribution in [-0.2, 0) is 0 Å². The molecule has 7 heteroatoms. The van der Waals surface area contributed by atoms with Crippen LogP contribution in [0.25, 0.3) is 11.1 Å². The topological polar surface area (TPSA) is 89.9 Å². The SMILES string of the molecule is Cc1cc(OC(=O)c2c(C)c(C)c(C)c(Br)c2O)c(-c2ccccc2)c(C)c1C(=O)Oc1c(C)c(C)c(C=O)c(C)c1C. The maximum Gasteiger partial charge on any atom is 0.347 e. The zero-order valence-electron chi connectivity index (χ0n) is 25.9. The Morgan fingerprint density at radius 3 is 1.81 bits per heavy atom. The predicted molar refractivity (Wildman–Crippen MR) is 172 cm³/mol. The number of carbonyl (C=O) groups excluding carboxylic acids is 3. The van der Waals surface area contributed by atoms with Crippen LogP contribution in [0, 0.1) is 62.3 Å². The van der Waals surface area contributed by atoms with Crippen molar-refractivity contribution in [1.82, 2.24) is 0 Å². The fourth-order valence-electron chi connectivity index (χ4n) is 5.58. The molecular weight excluding hydrogens is 608 g/mol. The lowest BCUT2D eigenvalue weighted by Gasteiger charge is -2.21. The number of carbonyl (C=O) groups is 3. The number of halogens is 1. The van der Waals surface area contributed by atoms with Crippen molar-refractivity contribution in [2.24, 2.45) is 0 Å². The molecule has 4 rings (SSSR count). The van der Waals surface area contributed by atoms with E-state index in [1.165, 1.54) is 0 Å². The van der Waals surface area contributed by atoms with Gasteiger partial charge in [-0.1, -0.05) is 30.3 Å². The molecule has 1 N–H and O–H groups in total. The number of hydrogen-bond acceptors (Lipinski definition) is 6. The first-order valence-electron chi connectivity index (χ1n) is 13.9. The van der Waals surface area contributed by atoms with Gasteiger partial charge in [-0.2, -0.15) is 0 Å². The Bertz CT molecular complexity index is 1760. The van der Waals surface area contributed by atoms with E-state index in [1.807, 2.05) is 71.9 Å². The summed E-state index contributed by atoms with van der Waals surface area (Å²) in [4.78, 5) is 39.1. The number of benzene rings is 4. The molecule has 0 spiro atoms. The number of phenols is 1. The number of aromatic hydroxyl groups is 1. The number of esters is 2. The normalized spacial score (nSPS) is 10.9. The van der Waals surface area contributed by atoms with Crippen LogP contribution in [0.15, 0.2) is 40.9 Å². The Hall–Kier alpha value is -4.23. The van der Waals surface area contributed by atoms with Crippen LogP contribution in [0.5, 0.6) is 17.2 Å². The summed E-state index contributed by atoms with van der Waals surface area (Å²) in [5, 5.41) is 10.9. The minimum atomic E-state index is -0.711. The highest BCUT2D eigenvalue weighted by Gasteiger charge is 2.28. The lowest BCUT2D eigenvalue weighted by atomic mass is 9.91. The summed E-state index contributed by atoms with van der Waals surface area (Å²) in [6, 6.07) is 11.0. The predicted octanol–water partition coefficient (Wildman–Crippen LogP) is 8.85. The number of rotatable bonds is 6. The molecule has 0 heterocycles. The van der Waals surface area contributed by atoms with Crippen molar-refractivity contribution >= 4 is 34.2 Å². The van der Waals surface area contributed by atoms with E-state index in [1.54, 1.807) is 26.8 Å². The van der Waals surface area contributed by atoms with Crippen LogP contribution in [0.4, 0.5) is 0 Å². The van der Waals surface area contributed by atoms with E-state index >= 15 is 0 Å². The largest absolute Gasteiger partial charge is 0.506 e. The van der Waals surface area contributed by atoms with Crippen LogP contribution in [0.2, 0.25) is 0 Å². The summed E-state index contributed by atoms with van der Waals surface area (Å²) in [6.07, 6.45) is 0.828. The number of aryl methyl sites for hydroxylation is 1. The van der Waals surface area contributed by atoms with E-state index in [9.17, 15) is 19.5 Å². The van der Waals surface area contributed by atoms with Crippen molar-refractivity contribution in [2.75, 3.05) is 0 Å². The van der Waals surface area contributed by atoms with Gasteiger partial charge in [-0.05, 0) is 140 Å². The Labute approximate surface area is 260 Å². The summed E-state index contributed by atoms with van der Waals surface area (Å²) in [7, 11) is 0. The molecular formula is C36H35BrO6. The third kappa shape index (κ3) is 5.50. The monoisotopic (exact) mass is 642 g/mol. The molecule has 0 saturated heterocycles. The highest BCUT2D eigenvalue weighted by molar-refractivity contribution is 9.10. The molecule has 0 aliphatic carbocycles. The van der Waals surface area contributed by atoms with Gasteiger partial charge in [0.25, 0.3) is 0 Å². The number of ether oxygens (including phenoxy) is 2. The minimum absolute atomic E-state index is 0.0724. The molecule has 0 aliphatic heterocycles. The summed E-state index contributed by atoms with van der Waals surface area (Å²) in [5.74, 6) is -0.770. The maximum absolute atomic E-state index is 13.8. The summed E-state index contributed by atoms with van der Waals surface area (Å²) in [5.41, 5.74) is 8.73. The van der Waals surface area contributed by atoms with E-state index in [4.69, 9.17) is 9.47 Å². The van der Waals surface area contributed by atoms with Crippen LogP contribution in [-0.4, -0.2) is 23.3 Å². The van der Waals surface area contributed by atoms with Gasteiger partial charge in [0.15, 0.2) is 6.29 Å². The second-order valence-corrected chi connectivity index (χ2v) is 11.8. The van der Waals surface area contributed by atoms with E-state index < -0.39 is 11.9 Å². The van der Waals surface area contributed by atoms with Crippen LogP contribution in [0.3, 0.4) is 0 Å². The molecule has 6 nitrogen and oxygen atoms in total. The minimum Gasteiger partial charge on any atom is -0.506 e. The van der Waals surface area contributed by atoms with E-state index in [-0.39, 0.29) is 17.1 Å². The molecule has 0 radical (unpaired) electrons. The lowest BCUT2D eigenvalue weighted by molar-refractivity contribution is 0.0726. The first-order chi connectivity index (χ1) is 20.2. The molecule has 0 saturated carbocycles. The molecule has 0 bridgehead atoms. The van der Waals surface area contributed by atoms with Gasteiger partial charge in [-0.25, -0.2) is 9.59 Å². The zero-order valence-corrected chi connectivity index (χ0v) is 27.5. The Morgan fingerprint density at radius 1 is 0.698 bits per heavy atom. The Morgan fingerprint density at radius 2 is 1.26 bits per heavy atom. The lowest BCUT2D eigenvalue weighted by Crippen LogP contribution is -2.17. The van der Waals surface area contributed by atoms with Gasteiger partial charge in [0, 0.05) is 11.1 Å². The van der Waals surface area contributed by atoms with Crippen molar-refractivity contribution in [1.29, 1.82) is 0 Å². The summed E-state index contributed by atoms with van der Waals surface area (Å²) < 4.78 is 12.5. The molecule has 0 aromatic heterocycles. The fraction of sp³-hybridized carbons (Fsp3) is 0.250. The molecule has 0 unspecified atom stereocenters. The van der Waals surface area contributed by atoms with Gasteiger partial charge in [0.05, 0.1) is 10.0 Å². The molecule has 0 aliphatic rings. The van der Waals surface area contributed by atoms with Crippen molar-refractivity contribution in [3.05, 3.63) is 108 Å². The molecule has 0 fully saturated rings. The highest BCUT2D eigenvalue weighted by atomic mass is 79.9. The van der Waals surface area contributed by atoms with Crippen molar-refractivity contribution < 1.29 is 29.0 Å².